The quantitative estimate of drug-likeness (QED) is 0.717. The molecule has 1 saturated carbocycles. The zero-order valence-corrected chi connectivity index (χ0v) is 11.1. The second kappa shape index (κ2) is 3.80. The van der Waals surface area contributed by atoms with Crippen LogP contribution in [0, 0.1) is 17.3 Å². The smallest absolute Gasteiger partial charge is 0.311 e. The molecule has 0 spiro atoms. The fourth-order valence-corrected chi connectivity index (χ4v) is 3.33. The Morgan fingerprint density at radius 1 is 1.50 bits per heavy atom. The molecule has 0 radical (unpaired) electrons. The first-order valence-electron chi connectivity index (χ1n) is 6.83. The lowest BCUT2D eigenvalue weighted by Gasteiger charge is -2.28. The van der Waals surface area contributed by atoms with Crippen molar-refractivity contribution in [2.24, 2.45) is 17.3 Å². The zero-order chi connectivity index (χ0) is 13.1. The van der Waals surface area contributed by atoms with E-state index < -0.39 is 5.41 Å². The number of fused-ring (bicyclic) bond motifs is 1. The largest absolute Gasteiger partial charge is 0.459 e. The summed E-state index contributed by atoms with van der Waals surface area (Å²) in [5.74, 6) is 0.315. The number of Topliss-reactive ketones (excluding diaryl/α,β-unsaturated/α-hetero) is 1. The van der Waals surface area contributed by atoms with E-state index in [0.29, 0.717) is 12.2 Å². The van der Waals surface area contributed by atoms with E-state index in [1.807, 2.05) is 20.8 Å². The molecule has 5 unspecified atom stereocenters. The minimum atomic E-state index is -0.455. The lowest BCUT2D eigenvalue weighted by molar-refractivity contribution is -0.164. The Balaban J connectivity index is 1.73. The summed E-state index contributed by atoms with van der Waals surface area (Å²) in [5.41, 5.74) is -0.455. The number of hydrogen-bond donors (Lipinski definition) is 0. The van der Waals surface area contributed by atoms with Gasteiger partial charge in [-0.05, 0) is 26.7 Å². The fraction of sp³-hybridized carbons (Fsp3) is 0.857. The number of rotatable bonds is 3. The SMILES string of the molecule is CCC(C)(C)C(=O)OC1C2CC3C(=O)CC1C3O2. The van der Waals surface area contributed by atoms with Crippen LogP contribution in [0.3, 0.4) is 0 Å². The van der Waals surface area contributed by atoms with Gasteiger partial charge in [0.25, 0.3) is 0 Å². The van der Waals surface area contributed by atoms with Crippen molar-refractivity contribution >= 4 is 11.8 Å². The predicted octanol–water partition coefficient (Wildman–Crippen LogP) is 1.71. The minimum absolute atomic E-state index is 0.0186. The third-order valence-electron chi connectivity index (χ3n) is 4.96. The maximum absolute atomic E-state index is 12.1. The number of carbonyl (C=O) groups excluding carboxylic acids is 2. The molecule has 0 aromatic carbocycles. The van der Waals surface area contributed by atoms with E-state index in [1.54, 1.807) is 0 Å². The molecule has 5 atom stereocenters. The lowest BCUT2D eigenvalue weighted by atomic mass is 9.86. The average Bonchev–Trinajstić information content (AvgIpc) is 2.93. The van der Waals surface area contributed by atoms with Crippen LogP contribution in [-0.2, 0) is 19.1 Å². The predicted molar refractivity (Wildman–Crippen MR) is 63.8 cm³/mol. The van der Waals surface area contributed by atoms with E-state index in [4.69, 9.17) is 9.47 Å². The van der Waals surface area contributed by atoms with Gasteiger partial charge in [0.2, 0.25) is 0 Å². The molecule has 4 nitrogen and oxygen atoms in total. The Bertz CT molecular complexity index is 401. The van der Waals surface area contributed by atoms with Crippen LogP contribution in [0.1, 0.15) is 40.0 Å². The monoisotopic (exact) mass is 252 g/mol. The molecule has 0 N–H and O–H groups in total. The first-order chi connectivity index (χ1) is 8.44. The molecule has 3 aliphatic rings. The number of ketones is 1. The van der Waals surface area contributed by atoms with Gasteiger partial charge in [-0.2, -0.15) is 0 Å². The molecule has 2 saturated heterocycles. The fourth-order valence-electron chi connectivity index (χ4n) is 3.33. The van der Waals surface area contributed by atoms with Gasteiger partial charge in [-0.3, -0.25) is 9.59 Å². The van der Waals surface area contributed by atoms with Crippen LogP contribution in [0.15, 0.2) is 0 Å². The van der Waals surface area contributed by atoms with Crippen molar-refractivity contribution in [3.05, 3.63) is 0 Å². The van der Waals surface area contributed by atoms with Crippen molar-refractivity contribution < 1.29 is 19.1 Å². The molecule has 0 amide bonds. The van der Waals surface area contributed by atoms with Gasteiger partial charge in [0.05, 0.1) is 17.6 Å². The molecule has 3 fully saturated rings. The molecule has 2 heterocycles. The van der Waals surface area contributed by atoms with E-state index in [2.05, 4.69) is 0 Å². The third kappa shape index (κ3) is 1.54. The highest BCUT2D eigenvalue weighted by atomic mass is 16.6. The van der Waals surface area contributed by atoms with Crippen molar-refractivity contribution in [3.63, 3.8) is 0 Å². The maximum Gasteiger partial charge on any atom is 0.311 e. The first-order valence-corrected chi connectivity index (χ1v) is 6.83. The Kier molecular flexibility index (Phi) is 2.56. The molecule has 1 aliphatic carbocycles. The van der Waals surface area contributed by atoms with E-state index in [-0.39, 0.29) is 36.1 Å². The number of carbonyl (C=O) groups is 2. The highest BCUT2D eigenvalue weighted by Gasteiger charge is 2.62. The Labute approximate surface area is 107 Å². The van der Waals surface area contributed by atoms with Crippen LogP contribution in [-0.4, -0.2) is 30.1 Å². The summed E-state index contributed by atoms with van der Waals surface area (Å²) in [5, 5.41) is 0. The van der Waals surface area contributed by atoms with Gasteiger partial charge in [0.15, 0.2) is 0 Å². The third-order valence-corrected chi connectivity index (χ3v) is 4.96. The van der Waals surface area contributed by atoms with E-state index >= 15 is 0 Å². The highest BCUT2D eigenvalue weighted by molar-refractivity contribution is 5.86. The molecule has 0 aromatic rings. The standard InChI is InChI=1S/C14H20O4/c1-4-14(2,3)13(16)18-12-8-5-9(15)7-6-10(12)17-11(7)8/h7-8,10-12H,4-6H2,1-3H3. The Morgan fingerprint density at radius 2 is 2.22 bits per heavy atom. The van der Waals surface area contributed by atoms with Gasteiger partial charge < -0.3 is 9.47 Å². The van der Waals surface area contributed by atoms with Gasteiger partial charge in [-0.25, -0.2) is 0 Å². The number of esters is 1. The van der Waals surface area contributed by atoms with Gasteiger partial charge in [-0.1, -0.05) is 6.92 Å². The molecule has 100 valence electrons. The van der Waals surface area contributed by atoms with Crippen molar-refractivity contribution in [1.82, 2.24) is 0 Å². The molecular formula is C14H20O4. The summed E-state index contributed by atoms with van der Waals surface area (Å²) in [6.07, 6.45) is 1.79. The van der Waals surface area contributed by atoms with Crippen LogP contribution < -0.4 is 0 Å². The average molecular weight is 252 g/mol. The van der Waals surface area contributed by atoms with Crippen LogP contribution >= 0.6 is 0 Å². The number of ether oxygens (including phenoxy) is 2. The summed E-state index contributed by atoms with van der Waals surface area (Å²) < 4.78 is 11.5. The highest BCUT2D eigenvalue weighted by Crippen LogP contribution is 2.52. The van der Waals surface area contributed by atoms with Crippen molar-refractivity contribution in [3.8, 4) is 0 Å². The number of hydrogen-bond acceptors (Lipinski definition) is 4. The van der Waals surface area contributed by atoms with E-state index in [9.17, 15) is 9.59 Å². The van der Waals surface area contributed by atoms with Crippen LogP contribution in [0.2, 0.25) is 0 Å². The molecule has 3 rings (SSSR count). The Hall–Kier alpha value is -0.900. The van der Waals surface area contributed by atoms with Crippen LogP contribution in [0.5, 0.6) is 0 Å². The summed E-state index contributed by atoms with van der Waals surface area (Å²) in [6, 6.07) is 0. The van der Waals surface area contributed by atoms with Crippen molar-refractivity contribution in [2.45, 2.75) is 58.3 Å². The second-order valence-corrected chi connectivity index (χ2v) is 6.42. The van der Waals surface area contributed by atoms with Gasteiger partial charge in [-0.15, -0.1) is 0 Å². The molecule has 4 heteroatoms. The van der Waals surface area contributed by atoms with E-state index in [1.165, 1.54) is 0 Å². The zero-order valence-electron chi connectivity index (χ0n) is 11.1. The van der Waals surface area contributed by atoms with Crippen LogP contribution in [0.4, 0.5) is 0 Å². The molecular weight excluding hydrogens is 232 g/mol. The van der Waals surface area contributed by atoms with Gasteiger partial charge in [0, 0.05) is 18.3 Å². The van der Waals surface area contributed by atoms with Crippen molar-refractivity contribution in [2.75, 3.05) is 0 Å². The van der Waals surface area contributed by atoms with Gasteiger partial charge in [0.1, 0.15) is 11.9 Å². The lowest BCUT2D eigenvalue weighted by Crippen LogP contribution is -2.39. The topological polar surface area (TPSA) is 52.6 Å². The first kappa shape index (κ1) is 12.2. The molecule has 18 heavy (non-hydrogen) atoms. The Morgan fingerprint density at radius 3 is 2.89 bits per heavy atom. The maximum atomic E-state index is 12.1. The normalized spacial score (nSPS) is 41.5. The summed E-state index contributed by atoms with van der Waals surface area (Å²) in [4.78, 5) is 23.9. The summed E-state index contributed by atoms with van der Waals surface area (Å²) >= 11 is 0. The molecule has 2 aliphatic heterocycles. The molecule has 0 aromatic heterocycles. The summed E-state index contributed by atoms with van der Waals surface area (Å²) in [6.45, 7) is 5.77. The summed E-state index contributed by atoms with van der Waals surface area (Å²) in [7, 11) is 0. The van der Waals surface area contributed by atoms with E-state index in [0.717, 1.165) is 12.8 Å². The van der Waals surface area contributed by atoms with Crippen LogP contribution in [0.25, 0.3) is 0 Å². The minimum Gasteiger partial charge on any atom is -0.459 e. The van der Waals surface area contributed by atoms with Gasteiger partial charge >= 0.3 is 5.97 Å². The molecule has 2 bridgehead atoms. The second-order valence-electron chi connectivity index (χ2n) is 6.42. The van der Waals surface area contributed by atoms with Crippen molar-refractivity contribution in [1.29, 1.82) is 0 Å².